The van der Waals surface area contributed by atoms with E-state index >= 15 is 0 Å². The second kappa shape index (κ2) is 5.91. The topological polar surface area (TPSA) is 30.5 Å². The molecular formula is C13H18INO2. The normalized spacial score (nSPS) is 20.1. The van der Waals surface area contributed by atoms with Gasteiger partial charge in [-0.2, -0.15) is 0 Å². The Morgan fingerprint density at radius 1 is 1.24 bits per heavy atom. The van der Waals surface area contributed by atoms with Gasteiger partial charge in [0.1, 0.15) is 11.5 Å². The van der Waals surface area contributed by atoms with Crippen molar-refractivity contribution in [3.63, 3.8) is 0 Å². The molecule has 0 saturated carbocycles. The highest BCUT2D eigenvalue weighted by atomic mass is 127. The van der Waals surface area contributed by atoms with E-state index in [0.717, 1.165) is 28.2 Å². The molecule has 4 heteroatoms. The number of ether oxygens (including phenoxy) is 2. The fraction of sp³-hybridized carbons (Fsp3) is 0.538. The van der Waals surface area contributed by atoms with Crippen molar-refractivity contribution >= 4 is 22.6 Å². The Morgan fingerprint density at radius 3 is 2.59 bits per heavy atom. The Morgan fingerprint density at radius 2 is 2.00 bits per heavy atom. The first kappa shape index (κ1) is 13.0. The van der Waals surface area contributed by atoms with Crippen LogP contribution in [0, 0.1) is 3.57 Å². The molecule has 1 N–H and O–H groups in total. The van der Waals surface area contributed by atoms with Crippen LogP contribution in [0.3, 0.4) is 0 Å². The summed E-state index contributed by atoms with van der Waals surface area (Å²) < 4.78 is 12.0. The van der Waals surface area contributed by atoms with Crippen molar-refractivity contribution in [2.45, 2.75) is 18.8 Å². The largest absolute Gasteiger partial charge is 0.496 e. The van der Waals surface area contributed by atoms with Crippen molar-refractivity contribution in [1.82, 2.24) is 5.32 Å². The third-order valence-electron chi connectivity index (χ3n) is 3.24. The van der Waals surface area contributed by atoms with Crippen molar-refractivity contribution in [2.75, 3.05) is 27.3 Å². The molecule has 1 saturated heterocycles. The van der Waals surface area contributed by atoms with Crippen molar-refractivity contribution < 1.29 is 9.47 Å². The van der Waals surface area contributed by atoms with E-state index in [9.17, 15) is 0 Å². The van der Waals surface area contributed by atoms with Gasteiger partial charge in [0.05, 0.1) is 17.8 Å². The van der Waals surface area contributed by atoms with Crippen LogP contribution in [-0.2, 0) is 0 Å². The van der Waals surface area contributed by atoms with Gasteiger partial charge in [-0.3, -0.25) is 0 Å². The van der Waals surface area contributed by atoms with Gasteiger partial charge in [0, 0.05) is 18.0 Å². The van der Waals surface area contributed by atoms with Crippen LogP contribution in [0.15, 0.2) is 12.1 Å². The fourth-order valence-electron chi connectivity index (χ4n) is 2.32. The van der Waals surface area contributed by atoms with Gasteiger partial charge in [-0.1, -0.05) is 0 Å². The van der Waals surface area contributed by atoms with E-state index in [2.05, 4.69) is 40.0 Å². The molecule has 1 aliphatic rings. The first-order valence-electron chi connectivity index (χ1n) is 5.88. The molecule has 1 atom stereocenters. The monoisotopic (exact) mass is 347 g/mol. The van der Waals surface area contributed by atoms with Crippen LogP contribution >= 0.6 is 22.6 Å². The minimum absolute atomic E-state index is 0.532. The highest BCUT2D eigenvalue weighted by Gasteiger charge is 2.20. The molecule has 1 aromatic rings. The van der Waals surface area contributed by atoms with Crippen molar-refractivity contribution in [1.29, 1.82) is 0 Å². The number of rotatable bonds is 3. The summed E-state index contributed by atoms with van der Waals surface area (Å²) in [7, 11) is 3.45. The summed E-state index contributed by atoms with van der Waals surface area (Å²) in [5.41, 5.74) is 1.26. The molecule has 1 aliphatic heterocycles. The smallest absolute Gasteiger partial charge is 0.132 e. The Hall–Kier alpha value is -0.490. The van der Waals surface area contributed by atoms with Gasteiger partial charge in [-0.25, -0.2) is 0 Å². The zero-order valence-corrected chi connectivity index (χ0v) is 12.4. The highest BCUT2D eigenvalue weighted by Crippen LogP contribution is 2.36. The Kier molecular flexibility index (Phi) is 4.50. The molecule has 1 fully saturated rings. The molecular weight excluding hydrogens is 329 g/mol. The summed E-state index contributed by atoms with van der Waals surface area (Å²) in [5.74, 6) is 2.44. The standard InChI is InChI=1S/C13H18INO2/c1-16-12-7-11(14)13(17-2)6-10(12)9-4-3-5-15-8-9/h6-7,9,15H,3-5,8H2,1-2H3. The first-order chi connectivity index (χ1) is 8.26. The molecule has 1 heterocycles. The summed E-state index contributed by atoms with van der Waals surface area (Å²) in [6, 6.07) is 4.18. The predicted molar refractivity (Wildman–Crippen MR) is 77.1 cm³/mol. The van der Waals surface area contributed by atoms with E-state index < -0.39 is 0 Å². The van der Waals surface area contributed by atoms with E-state index in [0.29, 0.717) is 5.92 Å². The SMILES string of the molecule is COc1cc(C2CCCNC2)c(OC)cc1I. The summed E-state index contributed by atoms with van der Waals surface area (Å²) in [5, 5.41) is 3.44. The molecule has 1 unspecified atom stereocenters. The van der Waals surface area contributed by atoms with Crippen LogP contribution in [0.5, 0.6) is 11.5 Å². The quantitative estimate of drug-likeness (QED) is 0.853. The van der Waals surface area contributed by atoms with Crippen molar-refractivity contribution in [3.8, 4) is 11.5 Å². The van der Waals surface area contributed by atoms with Crippen LogP contribution in [0.4, 0.5) is 0 Å². The number of benzene rings is 1. The van der Waals surface area contributed by atoms with E-state index in [1.807, 2.05) is 0 Å². The molecule has 0 radical (unpaired) electrons. The molecule has 3 nitrogen and oxygen atoms in total. The van der Waals surface area contributed by atoms with E-state index in [1.165, 1.54) is 18.4 Å². The number of methoxy groups -OCH3 is 2. The predicted octanol–water partition coefficient (Wildman–Crippen LogP) is 2.78. The molecule has 1 aromatic carbocycles. The lowest BCUT2D eigenvalue weighted by molar-refractivity contribution is 0.382. The zero-order chi connectivity index (χ0) is 12.3. The molecule has 0 aliphatic carbocycles. The second-order valence-corrected chi connectivity index (χ2v) is 5.43. The van der Waals surface area contributed by atoms with E-state index in [1.54, 1.807) is 14.2 Å². The molecule has 0 aromatic heterocycles. The number of halogens is 1. The first-order valence-corrected chi connectivity index (χ1v) is 6.96. The zero-order valence-electron chi connectivity index (χ0n) is 10.3. The number of piperidine rings is 1. The summed E-state index contributed by atoms with van der Waals surface area (Å²) >= 11 is 2.28. The average Bonchev–Trinajstić information content (AvgIpc) is 2.39. The minimum Gasteiger partial charge on any atom is -0.496 e. The lowest BCUT2D eigenvalue weighted by Gasteiger charge is -2.25. The van der Waals surface area contributed by atoms with E-state index in [-0.39, 0.29) is 0 Å². The lowest BCUT2D eigenvalue weighted by Crippen LogP contribution is -2.28. The fourth-order valence-corrected chi connectivity index (χ4v) is 2.98. The van der Waals surface area contributed by atoms with Gasteiger partial charge in [-0.05, 0) is 54.1 Å². The van der Waals surface area contributed by atoms with Gasteiger partial charge in [0.15, 0.2) is 0 Å². The van der Waals surface area contributed by atoms with E-state index in [4.69, 9.17) is 9.47 Å². The molecule has 0 bridgehead atoms. The summed E-state index contributed by atoms with van der Waals surface area (Å²) in [6.07, 6.45) is 2.44. The van der Waals surface area contributed by atoms with Crippen LogP contribution in [0.2, 0.25) is 0 Å². The van der Waals surface area contributed by atoms with Crippen LogP contribution < -0.4 is 14.8 Å². The summed E-state index contributed by atoms with van der Waals surface area (Å²) in [6.45, 7) is 2.15. The number of nitrogens with one attached hydrogen (secondary N) is 1. The van der Waals surface area contributed by atoms with Gasteiger partial charge in [-0.15, -0.1) is 0 Å². The molecule has 2 rings (SSSR count). The van der Waals surface area contributed by atoms with Gasteiger partial charge < -0.3 is 14.8 Å². The highest BCUT2D eigenvalue weighted by molar-refractivity contribution is 14.1. The van der Waals surface area contributed by atoms with Gasteiger partial charge in [0.25, 0.3) is 0 Å². The number of hydrogen-bond acceptors (Lipinski definition) is 3. The van der Waals surface area contributed by atoms with Gasteiger partial charge >= 0.3 is 0 Å². The second-order valence-electron chi connectivity index (χ2n) is 4.27. The Bertz CT molecular complexity index is 389. The Labute approximate surface area is 116 Å². The molecule has 0 spiro atoms. The van der Waals surface area contributed by atoms with Crippen LogP contribution in [-0.4, -0.2) is 27.3 Å². The van der Waals surface area contributed by atoms with Crippen molar-refractivity contribution in [2.24, 2.45) is 0 Å². The maximum atomic E-state index is 5.49. The summed E-state index contributed by atoms with van der Waals surface area (Å²) in [4.78, 5) is 0. The minimum atomic E-state index is 0.532. The third kappa shape index (κ3) is 2.85. The van der Waals surface area contributed by atoms with Crippen LogP contribution in [0.25, 0.3) is 0 Å². The number of hydrogen-bond donors (Lipinski definition) is 1. The molecule has 17 heavy (non-hydrogen) atoms. The third-order valence-corrected chi connectivity index (χ3v) is 4.08. The molecule has 0 amide bonds. The maximum Gasteiger partial charge on any atom is 0.132 e. The average molecular weight is 347 g/mol. The lowest BCUT2D eigenvalue weighted by atomic mass is 9.91. The molecule has 94 valence electrons. The maximum absolute atomic E-state index is 5.49. The van der Waals surface area contributed by atoms with Gasteiger partial charge in [0.2, 0.25) is 0 Å². The van der Waals surface area contributed by atoms with Crippen LogP contribution in [0.1, 0.15) is 24.3 Å². The Balaban J connectivity index is 2.35. The van der Waals surface area contributed by atoms with Crippen molar-refractivity contribution in [3.05, 3.63) is 21.3 Å².